The van der Waals surface area contributed by atoms with Gasteiger partial charge in [-0.2, -0.15) is 5.10 Å². The number of halogens is 1. The van der Waals surface area contributed by atoms with E-state index < -0.39 is 11.6 Å². The molecule has 8 heteroatoms. The van der Waals surface area contributed by atoms with Gasteiger partial charge in [0.1, 0.15) is 0 Å². The Hall–Kier alpha value is -3.16. The first-order valence-corrected chi connectivity index (χ1v) is 10.7. The summed E-state index contributed by atoms with van der Waals surface area (Å²) in [6.07, 6.45) is 1.32. The predicted octanol–water partition coefficient (Wildman–Crippen LogP) is 5.06. The molecule has 168 valence electrons. The molecule has 0 spiro atoms. The molecular weight excluding hydrogens is 428 g/mol. The van der Waals surface area contributed by atoms with Crippen LogP contribution in [-0.4, -0.2) is 39.2 Å². The maximum absolute atomic E-state index is 11.4. The van der Waals surface area contributed by atoms with Crippen LogP contribution in [-0.2, 0) is 22.7 Å². The molecule has 32 heavy (non-hydrogen) atoms. The summed E-state index contributed by atoms with van der Waals surface area (Å²) in [4.78, 5) is 11.4. The van der Waals surface area contributed by atoms with Crippen molar-refractivity contribution in [1.82, 2.24) is 9.78 Å². The fourth-order valence-corrected chi connectivity index (χ4v) is 3.38. The van der Waals surface area contributed by atoms with E-state index in [-0.39, 0.29) is 6.61 Å². The van der Waals surface area contributed by atoms with E-state index in [2.05, 4.69) is 10.4 Å². The number of nitrogens with one attached hydrogen (secondary N) is 2. The first kappa shape index (κ1) is 23.5. The SMILES string of the molecule is CCNc1cc(-c2cc(COC(C)(C)C(=O)O)nn2Cc2ccccc2Cl)ccc1C=N. The van der Waals surface area contributed by atoms with Crippen molar-refractivity contribution in [2.45, 2.75) is 39.5 Å². The Morgan fingerprint density at radius 1 is 1.28 bits per heavy atom. The third kappa shape index (κ3) is 5.36. The fourth-order valence-electron chi connectivity index (χ4n) is 3.18. The van der Waals surface area contributed by atoms with E-state index in [9.17, 15) is 9.90 Å². The Labute approximate surface area is 192 Å². The van der Waals surface area contributed by atoms with Crippen LogP contribution < -0.4 is 5.32 Å². The van der Waals surface area contributed by atoms with E-state index in [0.29, 0.717) is 17.3 Å². The second-order valence-corrected chi connectivity index (χ2v) is 8.26. The number of aromatic nitrogens is 2. The van der Waals surface area contributed by atoms with Crippen molar-refractivity contribution in [2.75, 3.05) is 11.9 Å². The van der Waals surface area contributed by atoms with E-state index in [4.69, 9.17) is 21.7 Å². The summed E-state index contributed by atoms with van der Waals surface area (Å²) < 4.78 is 7.45. The van der Waals surface area contributed by atoms with Crippen molar-refractivity contribution >= 4 is 29.5 Å². The molecule has 1 aromatic heterocycles. The third-order valence-corrected chi connectivity index (χ3v) is 5.44. The zero-order valence-electron chi connectivity index (χ0n) is 18.4. The van der Waals surface area contributed by atoms with Gasteiger partial charge < -0.3 is 20.6 Å². The van der Waals surface area contributed by atoms with Crippen LogP contribution in [0.25, 0.3) is 11.3 Å². The van der Waals surface area contributed by atoms with E-state index in [1.54, 1.807) is 0 Å². The molecule has 7 nitrogen and oxygen atoms in total. The normalized spacial score (nSPS) is 11.4. The van der Waals surface area contributed by atoms with Gasteiger partial charge in [0.05, 0.1) is 24.5 Å². The van der Waals surface area contributed by atoms with Gasteiger partial charge in [0.15, 0.2) is 5.60 Å². The standard InChI is InChI=1S/C24H27ClN4O3/c1-4-27-21-11-16(9-10-17(21)13-26)22-12-19(15-32-24(2,3)23(30)31)28-29(22)14-18-7-5-6-8-20(18)25/h5-13,26-27H,4,14-15H2,1-3H3,(H,30,31). The number of carbonyl (C=O) groups is 1. The van der Waals surface area contributed by atoms with Crippen molar-refractivity contribution in [3.63, 3.8) is 0 Å². The van der Waals surface area contributed by atoms with Crippen molar-refractivity contribution in [2.24, 2.45) is 0 Å². The highest BCUT2D eigenvalue weighted by molar-refractivity contribution is 6.31. The van der Waals surface area contributed by atoms with Crippen LogP contribution >= 0.6 is 11.6 Å². The van der Waals surface area contributed by atoms with Crippen molar-refractivity contribution in [3.05, 3.63) is 70.4 Å². The Morgan fingerprint density at radius 2 is 2.03 bits per heavy atom. The number of carboxylic acid groups (broad SMARTS) is 1. The summed E-state index contributed by atoms with van der Waals surface area (Å²) in [5, 5.41) is 25.6. The fraction of sp³-hybridized carbons (Fsp3) is 0.292. The lowest BCUT2D eigenvalue weighted by molar-refractivity contribution is -0.162. The largest absolute Gasteiger partial charge is 0.479 e. The highest BCUT2D eigenvalue weighted by Crippen LogP contribution is 2.28. The summed E-state index contributed by atoms with van der Waals surface area (Å²) in [6, 6.07) is 15.3. The number of ether oxygens (including phenoxy) is 1. The molecule has 0 atom stereocenters. The van der Waals surface area contributed by atoms with Crippen molar-refractivity contribution < 1.29 is 14.6 Å². The summed E-state index contributed by atoms with van der Waals surface area (Å²) in [6.45, 7) is 6.25. The minimum absolute atomic E-state index is 0.0560. The number of nitrogens with zero attached hydrogens (tertiary/aromatic N) is 2. The quantitative estimate of drug-likeness (QED) is 0.372. The van der Waals surface area contributed by atoms with E-state index in [1.165, 1.54) is 20.1 Å². The smallest absolute Gasteiger partial charge is 0.335 e. The zero-order chi connectivity index (χ0) is 23.3. The minimum atomic E-state index is -1.32. The maximum atomic E-state index is 11.4. The van der Waals surface area contributed by atoms with Crippen LogP contribution in [0.2, 0.25) is 5.02 Å². The molecule has 0 amide bonds. The number of carboxylic acids is 1. The Bertz CT molecular complexity index is 1120. The molecular formula is C24H27ClN4O3. The molecule has 0 aliphatic carbocycles. The Balaban J connectivity index is 2.02. The number of hydrogen-bond acceptors (Lipinski definition) is 5. The second kappa shape index (κ2) is 9.97. The monoisotopic (exact) mass is 454 g/mol. The molecule has 2 aromatic carbocycles. The molecule has 0 aliphatic heterocycles. The van der Waals surface area contributed by atoms with Gasteiger partial charge in [-0.15, -0.1) is 0 Å². The number of hydrogen-bond donors (Lipinski definition) is 3. The number of rotatable bonds is 10. The highest BCUT2D eigenvalue weighted by atomic mass is 35.5. The molecule has 1 heterocycles. The van der Waals surface area contributed by atoms with E-state index in [0.717, 1.165) is 34.6 Å². The first-order valence-electron chi connectivity index (χ1n) is 10.3. The van der Waals surface area contributed by atoms with Crippen LogP contribution in [0.5, 0.6) is 0 Å². The summed E-state index contributed by atoms with van der Waals surface area (Å²) >= 11 is 6.38. The van der Waals surface area contributed by atoms with Gasteiger partial charge in [0.2, 0.25) is 0 Å². The topological polar surface area (TPSA) is 100 Å². The van der Waals surface area contributed by atoms with Gasteiger partial charge in [0, 0.05) is 34.6 Å². The van der Waals surface area contributed by atoms with Gasteiger partial charge in [0.25, 0.3) is 0 Å². The van der Waals surface area contributed by atoms with Crippen LogP contribution in [0.15, 0.2) is 48.5 Å². The predicted molar refractivity (Wildman–Crippen MR) is 127 cm³/mol. The second-order valence-electron chi connectivity index (χ2n) is 7.85. The molecule has 0 fully saturated rings. The van der Waals surface area contributed by atoms with Gasteiger partial charge in [-0.1, -0.05) is 41.9 Å². The van der Waals surface area contributed by atoms with Crippen LogP contribution in [0.4, 0.5) is 5.69 Å². The van der Waals surface area contributed by atoms with E-state index >= 15 is 0 Å². The molecule has 0 unspecified atom stereocenters. The van der Waals surface area contributed by atoms with Crippen LogP contribution in [0, 0.1) is 5.41 Å². The Morgan fingerprint density at radius 3 is 2.69 bits per heavy atom. The number of benzene rings is 2. The van der Waals surface area contributed by atoms with Crippen LogP contribution in [0.3, 0.4) is 0 Å². The highest BCUT2D eigenvalue weighted by Gasteiger charge is 2.28. The lowest BCUT2D eigenvalue weighted by Crippen LogP contribution is -2.34. The Kier molecular flexibility index (Phi) is 7.33. The average molecular weight is 455 g/mol. The van der Waals surface area contributed by atoms with Crippen molar-refractivity contribution in [1.29, 1.82) is 5.41 Å². The van der Waals surface area contributed by atoms with E-state index in [1.807, 2.05) is 60.1 Å². The van der Waals surface area contributed by atoms with Gasteiger partial charge in [-0.25, -0.2) is 4.79 Å². The van der Waals surface area contributed by atoms with Crippen LogP contribution in [0.1, 0.15) is 37.6 Å². The average Bonchev–Trinajstić information content (AvgIpc) is 3.17. The molecule has 0 radical (unpaired) electrons. The number of aliphatic carboxylic acids is 1. The summed E-state index contributed by atoms with van der Waals surface area (Å²) in [7, 11) is 0. The van der Waals surface area contributed by atoms with Gasteiger partial charge in [-0.05, 0) is 44.5 Å². The molecule has 0 aliphatic rings. The molecule has 3 rings (SSSR count). The molecule has 3 N–H and O–H groups in total. The molecule has 3 aromatic rings. The summed E-state index contributed by atoms with van der Waals surface area (Å²) in [5.74, 6) is -1.04. The first-order chi connectivity index (χ1) is 15.2. The summed E-state index contributed by atoms with van der Waals surface area (Å²) in [5.41, 5.74) is 3.61. The van der Waals surface area contributed by atoms with Crippen molar-refractivity contribution in [3.8, 4) is 11.3 Å². The lowest BCUT2D eigenvalue weighted by atomic mass is 10.1. The minimum Gasteiger partial charge on any atom is -0.479 e. The third-order valence-electron chi connectivity index (χ3n) is 5.08. The molecule has 0 saturated carbocycles. The molecule has 0 saturated heterocycles. The zero-order valence-corrected chi connectivity index (χ0v) is 19.1. The molecule has 0 bridgehead atoms. The van der Waals surface area contributed by atoms with Gasteiger partial charge in [-0.3, -0.25) is 4.68 Å². The van der Waals surface area contributed by atoms with Gasteiger partial charge >= 0.3 is 5.97 Å². The maximum Gasteiger partial charge on any atom is 0.335 e. The number of anilines is 1. The lowest BCUT2D eigenvalue weighted by Gasteiger charge is -2.19.